The van der Waals surface area contributed by atoms with E-state index in [9.17, 15) is 10.1 Å². The predicted octanol–water partition coefficient (Wildman–Crippen LogP) is 1.86. The largest absolute Gasteiger partial charge is 0.464 e. The zero-order chi connectivity index (χ0) is 17.9. The van der Waals surface area contributed by atoms with E-state index in [1.54, 1.807) is 18.7 Å². The Balaban J connectivity index is 2.37. The number of hydrogen-bond donors (Lipinski definition) is 1. The van der Waals surface area contributed by atoms with Crippen LogP contribution in [0.3, 0.4) is 0 Å². The first kappa shape index (κ1) is 20.1. The third-order valence-corrected chi connectivity index (χ3v) is 3.84. The molecule has 1 heterocycles. The van der Waals surface area contributed by atoms with Crippen molar-refractivity contribution in [3.8, 4) is 12.3 Å². The number of furan rings is 1. The predicted molar refractivity (Wildman–Crippen MR) is 97.9 cm³/mol. The van der Waals surface area contributed by atoms with Gasteiger partial charge in [0.2, 0.25) is 0 Å². The number of nitrogens with one attached hydrogen (secondary N) is 1. The summed E-state index contributed by atoms with van der Waals surface area (Å²) < 4.78 is 5.72. The monoisotopic (exact) mass is 352 g/mol. The Kier molecular flexibility index (Phi) is 8.97. The van der Waals surface area contributed by atoms with Crippen molar-refractivity contribution < 1.29 is 9.34 Å². The van der Waals surface area contributed by atoms with Crippen molar-refractivity contribution in [2.75, 3.05) is 32.9 Å². The summed E-state index contributed by atoms with van der Waals surface area (Å²) in [6.07, 6.45) is 5.27. The van der Waals surface area contributed by atoms with Crippen LogP contribution in [0.4, 0.5) is 0 Å². The SMILES string of the molecule is C#CC(C)NC(C[N+](=O)[O-])=NCCSCc1ccc(CN(C)C)o1. The number of aliphatic imine (C=N–C) groups is 1. The number of nitro groups is 1. The third-order valence-electron chi connectivity index (χ3n) is 2.88. The summed E-state index contributed by atoms with van der Waals surface area (Å²) >= 11 is 1.67. The van der Waals surface area contributed by atoms with Gasteiger partial charge in [-0.1, -0.05) is 5.92 Å². The number of terminal acetylenes is 1. The standard InChI is InChI=1S/C16H24N4O3S/c1-5-13(2)18-16(11-20(21)22)17-8-9-24-12-15-7-6-14(23-15)10-19(3)4/h1,6-7,13H,8-12H2,2-4H3,(H,17,18). The highest BCUT2D eigenvalue weighted by molar-refractivity contribution is 7.98. The van der Waals surface area contributed by atoms with Crippen LogP contribution in [-0.4, -0.2) is 54.6 Å². The van der Waals surface area contributed by atoms with Gasteiger partial charge >= 0.3 is 0 Å². The fourth-order valence-corrected chi connectivity index (χ4v) is 2.59. The molecule has 1 aromatic rings. The van der Waals surface area contributed by atoms with Crippen LogP contribution in [-0.2, 0) is 12.3 Å². The van der Waals surface area contributed by atoms with Gasteiger partial charge in [-0.2, -0.15) is 11.8 Å². The van der Waals surface area contributed by atoms with Crippen molar-refractivity contribution in [3.05, 3.63) is 33.8 Å². The maximum absolute atomic E-state index is 10.6. The fourth-order valence-electron chi connectivity index (χ4n) is 1.87. The summed E-state index contributed by atoms with van der Waals surface area (Å²) in [6.45, 7) is 2.68. The second-order valence-electron chi connectivity index (χ2n) is 5.51. The van der Waals surface area contributed by atoms with Crippen LogP contribution < -0.4 is 5.32 Å². The third kappa shape index (κ3) is 8.60. The first-order valence-corrected chi connectivity index (χ1v) is 8.74. The molecule has 1 aromatic heterocycles. The summed E-state index contributed by atoms with van der Waals surface area (Å²) in [7, 11) is 3.99. The molecule has 1 N–H and O–H groups in total. The van der Waals surface area contributed by atoms with Gasteiger partial charge in [0.25, 0.3) is 6.54 Å². The molecule has 0 aliphatic rings. The zero-order valence-electron chi connectivity index (χ0n) is 14.3. The van der Waals surface area contributed by atoms with Gasteiger partial charge in [-0.05, 0) is 33.2 Å². The molecule has 24 heavy (non-hydrogen) atoms. The summed E-state index contributed by atoms with van der Waals surface area (Å²) in [6, 6.07) is 3.67. The molecule has 0 saturated carbocycles. The quantitative estimate of drug-likeness (QED) is 0.173. The Morgan fingerprint density at radius 3 is 2.88 bits per heavy atom. The van der Waals surface area contributed by atoms with E-state index in [-0.39, 0.29) is 12.6 Å². The number of nitrogens with zero attached hydrogens (tertiary/aromatic N) is 3. The smallest absolute Gasteiger partial charge is 0.259 e. The second kappa shape index (κ2) is 10.7. The molecule has 132 valence electrons. The molecule has 0 fully saturated rings. The highest BCUT2D eigenvalue weighted by Crippen LogP contribution is 2.16. The first-order chi connectivity index (χ1) is 11.4. The average Bonchev–Trinajstić information content (AvgIpc) is 2.92. The Morgan fingerprint density at radius 1 is 1.54 bits per heavy atom. The molecule has 0 radical (unpaired) electrons. The van der Waals surface area contributed by atoms with E-state index in [0.29, 0.717) is 12.4 Å². The van der Waals surface area contributed by atoms with Gasteiger partial charge in [-0.3, -0.25) is 15.1 Å². The van der Waals surface area contributed by atoms with Gasteiger partial charge in [0.05, 0.1) is 24.9 Å². The second-order valence-corrected chi connectivity index (χ2v) is 6.62. The Bertz CT molecular complexity index is 592. The van der Waals surface area contributed by atoms with Crippen LogP contribution in [0, 0.1) is 22.5 Å². The van der Waals surface area contributed by atoms with Crippen LogP contribution in [0.15, 0.2) is 21.5 Å². The highest BCUT2D eigenvalue weighted by Gasteiger charge is 2.09. The lowest BCUT2D eigenvalue weighted by molar-refractivity contribution is -0.463. The molecule has 8 heteroatoms. The summed E-state index contributed by atoms with van der Waals surface area (Å²) in [5.41, 5.74) is 0. The Labute approximate surface area is 147 Å². The van der Waals surface area contributed by atoms with Crippen molar-refractivity contribution in [1.82, 2.24) is 10.2 Å². The van der Waals surface area contributed by atoms with Crippen LogP contribution in [0.5, 0.6) is 0 Å². The van der Waals surface area contributed by atoms with E-state index in [4.69, 9.17) is 10.8 Å². The lowest BCUT2D eigenvalue weighted by Gasteiger charge is -2.09. The van der Waals surface area contributed by atoms with Gasteiger partial charge in [0.1, 0.15) is 11.5 Å². The molecule has 0 amide bonds. The zero-order valence-corrected chi connectivity index (χ0v) is 15.1. The molecule has 0 saturated heterocycles. The molecule has 0 bridgehead atoms. The minimum atomic E-state index is -0.419. The number of hydrogen-bond acceptors (Lipinski definition) is 6. The molecule has 1 atom stereocenters. The van der Waals surface area contributed by atoms with E-state index in [1.165, 1.54) is 0 Å². The summed E-state index contributed by atoms with van der Waals surface area (Å²) in [5.74, 6) is 6.15. The van der Waals surface area contributed by atoms with Crippen molar-refractivity contribution in [2.45, 2.75) is 25.3 Å². The van der Waals surface area contributed by atoms with Crippen molar-refractivity contribution in [3.63, 3.8) is 0 Å². The highest BCUT2D eigenvalue weighted by atomic mass is 32.2. The Hall–Kier alpha value is -1.98. The normalized spacial score (nSPS) is 12.9. The van der Waals surface area contributed by atoms with E-state index >= 15 is 0 Å². The van der Waals surface area contributed by atoms with Crippen LogP contribution in [0.2, 0.25) is 0 Å². The minimum Gasteiger partial charge on any atom is -0.464 e. The fraction of sp³-hybridized carbons (Fsp3) is 0.562. The molecule has 0 aromatic carbocycles. The van der Waals surface area contributed by atoms with E-state index in [1.807, 2.05) is 31.1 Å². The van der Waals surface area contributed by atoms with Crippen LogP contribution >= 0.6 is 11.8 Å². The molecule has 1 unspecified atom stereocenters. The van der Waals surface area contributed by atoms with E-state index < -0.39 is 4.92 Å². The van der Waals surface area contributed by atoms with Gasteiger partial charge in [0, 0.05) is 10.7 Å². The maximum atomic E-state index is 10.6. The van der Waals surface area contributed by atoms with Gasteiger partial charge in [-0.15, -0.1) is 6.42 Å². The molecule has 1 rings (SSSR count). The minimum absolute atomic E-state index is 0.283. The number of rotatable bonds is 10. The van der Waals surface area contributed by atoms with Gasteiger partial charge in [-0.25, -0.2) is 0 Å². The molecule has 0 aliphatic carbocycles. The van der Waals surface area contributed by atoms with Gasteiger partial charge < -0.3 is 14.6 Å². The molecule has 0 spiro atoms. The molecular weight excluding hydrogens is 328 g/mol. The van der Waals surface area contributed by atoms with Crippen molar-refractivity contribution >= 4 is 17.6 Å². The average molecular weight is 352 g/mol. The lowest BCUT2D eigenvalue weighted by atomic mass is 10.3. The summed E-state index contributed by atoms with van der Waals surface area (Å²) in [4.78, 5) is 16.5. The van der Waals surface area contributed by atoms with E-state index in [0.717, 1.165) is 29.6 Å². The van der Waals surface area contributed by atoms with E-state index in [2.05, 4.69) is 16.2 Å². The lowest BCUT2D eigenvalue weighted by Crippen LogP contribution is -2.36. The van der Waals surface area contributed by atoms with Crippen LogP contribution in [0.1, 0.15) is 18.4 Å². The van der Waals surface area contributed by atoms with Crippen molar-refractivity contribution in [2.24, 2.45) is 4.99 Å². The topological polar surface area (TPSA) is 83.9 Å². The molecule has 7 nitrogen and oxygen atoms in total. The maximum Gasteiger partial charge on any atom is 0.259 e. The van der Waals surface area contributed by atoms with Crippen LogP contribution in [0.25, 0.3) is 0 Å². The summed E-state index contributed by atoms with van der Waals surface area (Å²) in [5, 5.41) is 13.5. The first-order valence-electron chi connectivity index (χ1n) is 7.58. The number of amidine groups is 1. The Morgan fingerprint density at radius 2 is 2.25 bits per heavy atom. The van der Waals surface area contributed by atoms with Crippen molar-refractivity contribution in [1.29, 1.82) is 0 Å². The number of thioether (sulfide) groups is 1. The molecule has 0 aliphatic heterocycles. The van der Waals surface area contributed by atoms with Gasteiger partial charge in [0.15, 0.2) is 5.84 Å². The molecular formula is C16H24N4O3S.